The molecule has 0 aromatic heterocycles. The molecule has 2 saturated carbocycles. The van der Waals surface area contributed by atoms with Crippen molar-refractivity contribution in [2.75, 3.05) is 6.61 Å². The summed E-state index contributed by atoms with van der Waals surface area (Å²) in [7, 11) is 0. The van der Waals surface area contributed by atoms with Crippen LogP contribution in [0.2, 0.25) is 0 Å². The highest BCUT2D eigenvalue weighted by Crippen LogP contribution is 2.64. The highest BCUT2D eigenvalue weighted by atomic mass is 16.6. The lowest BCUT2D eigenvalue weighted by Gasteiger charge is -2.67. The Kier molecular flexibility index (Phi) is 9.56. The third-order valence-corrected chi connectivity index (χ3v) is 11.7. The molecule has 1 heterocycles. The van der Waals surface area contributed by atoms with Crippen LogP contribution in [-0.4, -0.2) is 88.2 Å². The molecule has 2 aromatic carbocycles. The number of hydrogen-bond acceptors (Lipinski definition) is 12. The van der Waals surface area contributed by atoms with Crippen LogP contribution in [0.25, 0.3) is 6.08 Å². The van der Waals surface area contributed by atoms with Crippen molar-refractivity contribution in [3.05, 3.63) is 89.0 Å². The standard InChI is InChI=1S/C40H44O12/c1-22-27(50-30(44)18-17-25-13-9-7-10-14-25)20-40(47)35(51-36(46)26-15-11-8-12-16-26)33-38(6,28(43)19-29-39(33,21-48-29)52-24(3)42)34(45)32(49-23(2)41)31(22)37(40,4)5/h7-18,27-29,32-33,35,43,47H,19-21H2,1-6H3/t27-,28+,29-,32+,33?,35?,38-,39-,40+/m0/s1. The Morgan fingerprint density at radius 3 is 2.12 bits per heavy atom. The second-order valence-corrected chi connectivity index (χ2v) is 14.9. The van der Waals surface area contributed by atoms with Crippen molar-refractivity contribution in [1.29, 1.82) is 0 Å². The molecule has 2 unspecified atom stereocenters. The van der Waals surface area contributed by atoms with Crippen LogP contribution < -0.4 is 0 Å². The molecule has 1 saturated heterocycles. The van der Waals surface area contributed by atoms with Gasteiger partial charge in [-0.1, -0.05) is 62.4 Å². The van der Waals surface area contributed by atoms with Crippen LogP contribution in [0.4, 0.5) is 0 Å². The zero-order chi connectivity index (χ0) is 37.8. The number of fused-ring (bicyclic) bond motifs is 5. The predicted octanol–water partition coefficient (Wildman–Crippen LogP) is 3.92. The molecule has 2 N–H and O–H groups in total. The highest BCUT2D eigenvalue weighted by molar-refractivity contribution is 5.95. The van der Waals surface area contributed by atoms with E-state index in [0.717, 1.165) is 12.5 Å². The van der Waals surface area contributed by atoms with E-state index in [0.29, 0.717) is 5.57 Å². The molecule has 0 amide bonds. The first kappa shape index (κ1) is 37.1. The minimum Gasteiger partial charge on any atom is -0.455 e. The fraction of sp³-hybridized carbons (Fsp3) is 0.475. The normalized spacial score (nSPS) is 34.8. The van der Waals surface area contributed by atoms with Crippen LogP contribution in [0.5, 0.6) is 0 Å². The zero-order valence-electron chi connectivity index (χ0n) is 30.0. The molecular formula is C40H44O12. The zero-order valence-corrected chi connectivity index (χ0v) is 30.0. The van der Waals surface area contributed by atoms with E-state index in [2.05, 4.69) is 0 Å². The summed E-state index contributed by atoms with van der Waals surface area (Å²) in [4.78, 5) is 68.3. The van der Waals surface area contributed by atoms with Gasteiger partial charge in [0.2, 0.25) is 0 Å². The summed E-state index contributed by atoms with van der Waals surface area (Å²) in [6.45, 7) is 8.40. The number of rotatable bonds is 7. The van der Waals surface area contributed by atoms with E-state index >= 15 is 4.79 Å². The molecule has 12 heteroatoms. The van der Waals surface area contributed by atoms with Gasteiger partial charge in [-0.2, -0.15) is 0 Å². The Balaban J connectivity index is 1.59. The second-order valence-electron chi connectivity index (χ2n) is 14.9. The van der Waals surface area contributed by atoms with Gasteiger partial charge in [0.25, 0.3) is 0 Å². The Morgan fingerprint density at radius 1 is 0.904 bits per heavy atom. The molecule has 9 atom stereocenters. The number of carbonyl (C=O) groups is 5. The van der Waals surface area contributed by atoms with Gasteiger partial charge >= 0.3 is 23.9 Å². The van der Waals surface area contributed by atoms with Crippen LogP contribution in [0.15, 0.2) is 77.9 Å². The molecule has 0 radical (unpaired) electrons. The number of esters is 4. The maximum absolute atomic E-state index is 15.2. The molecule has 6 rings (SSSR count). The summed E-state index contributed by atoms with van der Waals surface area (Å²) in [5.74, 6) is -5.37. The molecule has 4 aliphatic rings. The number of hydrogen-bond donors (Lipinski definition) is 2. The summed E-state index contributed by atoms with van der Waals surface area (Å²) in [6.07, 6.45) is -4.70. The molecule has 3 fully saturated rings. The Labute approximate surface area is 301 Å². The van der Waals surface area contributed by atoms with Crippen molar-refractivity contribution in [2.24, 2.45) is 16.7 Å². The van der Waals surface area contributed by atoms with E-state index in [-0.39, 0.29) is 30.6 Å². The van der Waals surface area contributed by atoms with Crippen molar-refractivity contribution >= 4 is 35.7 Å². The van der Waals surface area contributed by atoms with Gasteiger partial charge in [0, 0.05) is 38.2 Å². The fourth-order valence-corrected chi connectivity index (χ4v) is 8.93. The number of carbonyl (C=O) groups excluding carboxylic acids is 5. The molecule has 3 aliphatic carbocycles. The molecule has 2 bridgehead atoms. The number of Topliss-reactive ketones (excluding diaryl/α,β-unsaturated/α-hetero) is 1. The number of aliphatic hydroxyl groups excluding tert-OH is 1. The Bertz CT molecular complexity index is 1830. The lowest BCUT2D eigenvalue weighted by atomic mass is 9.44. The third-order valence-electron chi connectivity index (χ3n) is 11.7. The third kappa shape index (κ3) is 5.86. The smallest absolute Gasteiger partial charge is 0.338 e. The quantitative estimate of drug-likeness (QED) is 0.184. The van der Waals surface area contributed by atoms with Crippen molar-refractivity contribution in [1.82, 2.24) is 0 Å². The van der Waals surface area contributed by atoms with Gasteiger partial charge in [0.1, 0.15) is 23.9 Å². The fourth-order valence-electron chi connectivity index (χ4n) is 8.93. The van der Waals surface area contributed by atoms with E-state index < -0.39 is 88.1 Å². The summed E-state index contributed by atoms with van der Waals surface area (Å²) in [5.41, 5.74) is -6.01. The van der Waals surface area contributed by atoms with Gasteiger partial charge in [-0.3, -0.25) is 14.4 Å². The average Bonchev–Trinajstić information content (AvgIpc) is 3.09. The minimum absolute atomic E-state index is 0.132. The molecule has 52 heavy (non-hydrogen) atoms. The van der Waals surface area contributed by atoms with Gasteiger partial charge in [0.15, 0.2) is 17.5 Å². The van der Waals surface area contributed by atoms with Gasteiger partial charge in [0.05, 0.1) is 29.6 Å². The molecule has 1 aliphatic heterocycles. The second kappa shape index (κ2) is 13.4. The van der Waals surface area contributed by atoms with E-state index in [1.807, 2.05) is 18.2 Å². The summed E-state index contributed by atoms with van der Waals surface area (Å²) in [6, 6.07) is 17.1. The van der Waals surface area contributed by atoms with Crippen molar-refractivity contribution in [3.63, 3.8) is 0 Å². The van der Waals surface area contributed by atoms with Gasteiger partial charge in [-0.25, -0.2) is 9.59 Å². The van der Waals surface area contributed by atoms with Crippen molar-refractivity contribution in [2.45, 2.75) is 96.1 Å². The topological polar surface area (TPSA) is 172 Å². The lowest BCUT2D eigenvalue weighted by molar-refractivity contribution is -0.346. The van der Waals surface area contributed by atoms with E-state index in [1.165, 1.54) is 32.1 Å². The first-order valence-electron chi connectivity index (χ1n) is 17.3. The molecule has 12 nitrogen and oxygen atoms in total. The number of benzene rings is 2. The highest BCUT2D eigenvalue weighted by Gasteiger charge is 2.78. The van der Waals surface area contributed by atoms with Crippen LogP contribution in [-0.2, 0) is 42.9 Å². The van der Waals surface area contributed by atoms with Crippen LogP contribution in [0.1, 0.15) is 70.3 Å². The van der Waals surface area contributed by atoms with Gasteiger partial charge in [-0.15, -0.1) is 0 Å². The number of ketones is 1. The summed E-state index contributed by atoms with van der Waals surface area (Å²) < 4.78 is 30.0. The Morgan fingerprint density at radius 2 is 1.54 bits per heavy atom. The van der Waals surface area contributed by atoms with Gasteiger partial charge < -0.3 is 33.9 Å². The molecule has 2 aromatic rings. The van der Waals surface area contributed by atoms with Crippen LogP contribution in [0, 0.1) is 16.7 Å². The average molecular weight is 717 g/mol. The van der Waals surface area contributed by atoms with Crippen LogP contribution in [0.3, 0.4) is 0 Å². The Hall–Kier alpha value is -4.65. The van der Waals surface area contributed by atoms with E-state index in [9.17, 15) is 29.4 Å². The first-order valence-corrected chi connectivity index (χ1v) is 17.3. The SMILES string of the molecule is CC(=O)O[C@H]1C(=O)[C@]2(C)C(C(OC(=O)c3ccccc3)[C@]3(O)C[C@H](OC(=O)C=Cc4ccccc4)C(C)=C1C3(C)C)[C@]1(OC(C)=O)CO[C@H]1C[C@H]2O. The monoisotopic (exact) mass is 716 g/mol. The summed E-state index contributed by atoms with van der Waals surface area (Å²) >= 11 is 0. The summed E-state index contributed by atoms with van der Waals surface area (Å²) in [5, 5.41) is 25.3. The number of ether oxygens (including phenoxy) is 5. The van der Waals surface area contributed by atoms with E-state index in [1.54, 1.807) is 57.2 Å². The van der Waals surface area contributed by atoms with Crippen molar-refractivity contribution in [3.8, 4) is 0 Å². The lowest BCUT2D eigenvalue weighted by Crippen LogP contribution is -2.82. The van der Waals surface area contributed by atoms with Gasteiger partial charge in [-0.05, 0) is 48.8 Å². The predicted molar refractivity (Wildman–Crippen MR) is 184 cm³/mol. The minimum atomic E-state index is -2.21. The number of aliphatic hydroxyl groups is 2. The largest absolute Gasteiger partial charge is 0.455 e. The van der Waals surface area contributed by atoms with Crippen LogP contribution >= 0.6 is 0 Å². The molecule has 0 spiro atoms. The molecule has 276 valence electrons. The van der Waals surface area contributed by atoms with Crippen molar-refractivity contribution < 1.29 is 57.9 Å². The maximum Gasteiger partial charge on any atom is 0.338 e. The first-order chi connectivity index (χ1) is 24.5. The molecular weight excluding hydrogens is 672 g/mol. The van der Waals surface area contributed by atoms with E-state index in [4.69, 9.17) is 23.7 Å². The maximum atomic E-state index is 15.2.